The molecule has 0 aliphatic heterocycles. The van der Waals surface area contributed by atoms with Crippen LogP contribution in [0.4, 0.5) is 5.69 Å². The largest absolute Gasteiger partial charge is 0.352 e. The minimum Gasteiger partial charge on any atom is -0.352 e. The van der Waals surface area contributed by atoms with Gasteiger partial charge in [0.1, 0.15) is 0 Å². The molecule has 7 heteroatoms. The van der Waals surface area contributed by atoms with Gasteiger partial charge < -0.3 is 10.6 Å². The SMILES string of the molecule is CCCNC(=O)c1cccc(NC(=O)CCn2cnc3ccccc3c2=O)c1. The first-order chi connectivity index (χ1) is 13.6. The minimum atomic E-state index is -0.244. The van der Waals surface area contributed by atoms with Crippen LogP contribution in [-0.4, -0.2) is 27.9 Å². The Labute approximate surface area is 162 Å². The molecule has 0 saturated carbocycles. The quantitative estimate of drug-likeness (QED) is 0.661. The second kappa shape index (κ2) is 8.94. The van der Waals surface area contributed by atoms with Gasteiger partial charge in [0.25, 0.3) is 11.5 Å². The molecule has 7 nitrogen and oxygen atoms in total. The molecule has 28 heavy (non-hydrogen) atoms. The Kier molecular flexibility index (Phi) is 6.16. The fourth-order valence-corrected chi connectivity index (χ4v) is 2.79. The predicted molar refractivity (Wildman–Crippen MR) is 108 cm³/mol. The molecule has 3 aromatic rings. The van der Waals surface area contributed by atoms with Crippen LogP contribution in [-0.2, 0) is 11.3 Å². The van der Waals surface area contributed by atoms with E-state index in [1.54, 1.807) is 42.5 Å². The number of anilines is 1. The summed E-state index contributed by atoms with van der Waals surface area (Å²) in [6.07, 6.45) is 2.42. The van der Waals surface area contributed by atoms with Gasteiger partial charge >= 0.3 is 0 Å². The fraction of sp³-hybridized carbons (Fsp3) is 0.238. The van der Waals surface area contributed by atoms with E-state index < -0.39 is 0 Å². The van der Waals surface area contributed by atoms with Gasteiger partial charge in [0, 0.05) is 30.8 Å². The van der Waals surface area contributed by atoms with Gasteiger partial charge in [0.2, 0.25) is 5.91 Å². The molecule has 0 radical (unpaired) electrons. The molecule has 0 unspecified atom stereocenters. The topological polar surface area (TPSA) is 93.1 Å². The number of hydrogen-bond donors (Lipinski definition) is 2. The third-order valence-electron chi connectivity index (χ3n) is 4.26. The summed E-state index contributed by atoms with van der Waals surface area (Å²) in [5, 5.41) is 6.09. The van der Waals surface area contributed by atoms with Crippen molar-refractivity contribution in [2.75, 3.05) is 11.9 Å². The summed E-state index contributed by atoms with van der Waals surface area (Å²) in [4.78, 5) is 41.0. The molecule has 0 atom stereocenters. The van der Waals surface area contributed by atoms with E-state index in [0.717, 1.165) is 6.42 Å². The van der Waals surface area contributed by atoms with E-state index in [1.807, 2.05) is 13.0 Å². The van der Waals surface area contributed by atoms with Crippen LogP contribution in [0.1, 0.15) is 30.1 Å². The van der Waals surface area contributed by atoms with Crippen molar-refractivity contribution in [1.82, 2.24) is 14.9 Å². The summed E-state index contributed by atoms with van der Waals surface area (Å²) in [5.41, 5.74) is 1.48. The number of carbonyl (C=O) groups excluding carboxylic acids is 2. The van der Waals surface area contributed by atoms with Gasteiger partial charge in [-0.1, -0.05) is 25.1 Å². The first-order valence-electron chi connectivity index (χ1n) is 9.21. The van der Waals surface area contributed by atoms with Crippen molar-refractivity contribution in [2.24, 2.45) is 0 Å². The fourth-order valence-electron chi connectivity index (χ4n) is 2.79. The van der Waals surface area contributed by atoms with Crippen molar-refractivity contribution in [1.29, 1.82) is 0 Å². The molecule has 144 valence electrons. The lowest BCUT2D eigenvalue weighted by Crippen LogP contribution is -2.24. The number of benzene rings is 2. The highest BCUT2D eigenvalue weighted by molar-refractivity contribution is 5.97. The van der Waals surface area contributed by atoms with Gasteiger partial charge in [-0.15, -0.1) is 0 Å². The summed E-state index contributed by atoms with van der Waals surface area (Å²) >= 11 is 0. The number of aryl methyl sites for hydroxylation is 1. The molecule has 2 amide bonds. The van der Waals surface area contributed by atoms with Crippen LogP contribution in [0.3, 0.4) is 0 Å². The average molecular weight is 378 g/mol. The lowest BCUT2D eigenvalue weighted by Gasteiger charge is -2.09. The maximum atomic E-state index is 12.5. The van der Waals surface area contributed by atoms with E-state index in [1.165, 1.54) is 10.9 Å². The van der Waals surface area contributed by atoms with Crippen molar-refractivity contribution in [3.05, 3.63) is 70.8 Å². The smallest absolute Gasteiger partial charge is 0.261 e. The van der Waals surface area contributed by atoms with Crippen LogP contribution in [0, 0.1) is 0 Å². The van der Waals surface area contributed by atoms with Crippen molar-refractivity contribution in [2.45, 2.75) is 26.3 Å². The first kappa shape index (κ1) is 19.3. The molecule has 0 aliphatic carbocycles. The van der Waals surface area contributed by atoms with E-state index in [2.05, 4.69) is 15.6 Å². The molecule has 2 N–H and O–H groups in total. The molecule has 2 aromatic carbocycles. The summed E-state index contributed by atoms with van der Waals surface area (Å²) in [5.74, 6) is -0.419. The number of aromatic nitrogens is 2. The Morgan fingerprint density at radius 2 is 1.93 bits per heavy atom. The summed E-state index contributed by atoms with van der Waals surface area (Å²) in [7, 11) is 0. The van der Waals surface area contributed by atoms with Gasteiger partial charge in [0.15, 0.2) is 0 Å². The number of carbonyl (C=O) groups is 2. The van der Waals surface area contributed by atoms with Crippen LogP contribution in [0.15, 0.2) is 59.7 Å². The van der Waals surface area contributed by atoms with Crippen molar-refractivity contribution in [3.8, 4) is 0 Å². The summed E-state index contributed by atoms with van der Waals surface area (Å²) in [6.45, 7) is 2.80. The zero-order chi connectivity index (χ0) is 19.9. The molecule has 1 aromatic heterocycles. The van der Waals surface area contributed by atoms with Crippen LogP contribution >= 0.6 is 0 Å². The molecule has 0 aliphatic rings. The van der Waals surface area contributed by atoms with Gasteiger partial charge in [-0.3, -0.25) is 19.0 Å². The van der Waals surface area contributed by atoms with E-state index >= 15 is 0 Å². The number of rotatable bonds is 7. The Hall–Kier alpha value is -3.48. The molecular weight excluding hydrogens is 356 g/mol. The third-order valence-corrected chi connectivity index (χ3v) is 4.26. The number of nitrogens with one attached hydrogen (secondary N) is 2. The van der Waals surface area contributed by atoms with Crippen LogP contribution in [0.2, 0.25) is 0 Å². The molecule has 1 heterocycles. The zero-order valence-electron chi connectivity index (χ0n) is 15.6. The van der Waals surface area contributed by atoms with Crippen molar-refractivity contribution >= 4 is 28.4 Å². The predicted octanol–water partition coefficient (Wildman–Crippen LogP) is 2.57. The first-order valence-corrected chi connectivity index (χ1v) is 9.21. The number of nitrogens with zero attached hydrogens (tertiary/aromatic N) is 2. The highest BCUT2D eigenvalue weighted by atomic mass is 16.2. The Bertz CT molecular complexity index is 1060. The highest BCUT2D eigenvalue weighted by Crippen LogP contribution is 2.11. The van der Waals surface area contributed by atoms with E-state index in [0.29, 0.717) is 28.7 Å². The van der Waals surface area contributed by atoms with Gasteiger partial charge in [-0.25, -0.2) is 4.98 Å². The van der Waals surface area contributed by atoms with Crippen molar-refractivity contribution in [3.63, 3.8) is 0 Å². The standard InChI is InChI=1S/C21H22N4O3/c1-2-11-22-20(27)15-6-5-7-16(13-15)24-19(26)10-12-25-14-23-18-9-4-3-8-17(18)21(25)28/h3-9,13-14H,2,10-12H2,1H3,(H,22,27)(H,24,26). The monoisotopic (exact) mass is 378 g/mol. The zero-order valence-corrected chi connectivity index (χ0v) is 15.6. The number of para-hydroxylation sites is 1. The molecule has 0 fully saturated rings. The van der Waals surface area contributed by atoms with E-state index in [-0.39, 0.29) is 30.3 Å². The highest BCUT2D eigenvalue weighted by Gasteiger charge is 2.09. The maximum absolute atomic E-state index is 12.5. The second-order valence-corrected chi connectivity index (χ2v) is 6.40. The van der Waals surface area contributed by atoms with Gasteiger partial charge in [-0.2, -0.15) is 0 Å². The molecule has 3 rings (SSSR count). The molecule has 0 saturated heterocycles. The lowest BCUT2D eigenvalue weighted by atomic mass is 10.2. The molecular formula is C21H22N4O3. The normalized spacial score (nSPS) is 10.6. The number of fused-ring (bicyclic) bond motifs is 1. The van der Waals surface area contributed by atoms with Crippen LogP contribution < -0.4 is 16.2 Å². The van der Waals surface area contributed by atoms with Crippen LogP contribution in [0.5, 0.6) is 0 Å². The number of amides is 2. The summed E-state index contributed by atoms with van der Waals surface area (Å²) in [6, 6.07) is 13.9. The Balaban J connectivity index is 1.63. The van der Waals surface area contributed by atoms with E-state index in [4.69, 9.17) is 0 Å². The second-order valence-electron chi connectivity index (χ2n) is 6.40. The Morgan fingerprint density at radius 3 is 2.75 bits per heavy atom. The third kappa shape index (κ3) is 4.62. The lowest BCUT2D eigenvalue weighted by molar-refractivity contribution is -0.116. The Morgan fingerprint density at radius 1 is 1.11 bits per heavy atom. The molecule has 0 bridgehead atoms. The van der Waals surface area contributed by atoms with Crippen molar-refractivity contribution < 1.29 is 9.59 Å². The maximum Gasteiger partial charge on any atom is 0.261 e. The molecule has 0 spiro atoms. The average Bonchev–Trinajstić information content (AvgIpc) is 2.72. The van der Waals surface area contributed by atoms with Gasteiger partial charge in [0.05, 0.1) is 17.2 Å². The van der Waals surface area contributed by atoms with Gasteiger partial charge in [-0.05, 0) is 36.8 Å². The minimum absolute atomic E-state index is 0.117. The van der Waals surface area contributed by atoms with Crippen LogP contribution in [0.25, 0.3) is 10.9 Å². The summed E-state index contributed by atoms with van der Waals surface area (Å²) < 4.78 is 1.43. The van der Waals surface area contributed by atoms with E-state index in [9.17, 15) is 14.4 Å². The number of hydrogen-bond acceptors (Lipinski definition) is 4.